The van der Waals surface area contributed by atoms with Gasteiger partial charge < -0.3 is 10.2 Å². The molecule has 0 spiro atoms. The zero-order chi connectivity index (χ0) is 20.8. The van der Waals surface area contributed by atoms with Crippen LogP contribution in [0.3, 0.4) is 0 Å². The molecule has 5 rings (SSSR count). The largest absolute Gasteiger partial charge is 0.342 e. The first-order valence-corrected chi connectivity index (χ1v) is 12.5. The minimum Gasteiger partial charge on any atom is -0.342 e. The first-order valence-electron chi connectivity index (χ1n) is 12.5. The molecule has 4 nitrogen and oxygen atoms in total. The zero-order valence-corrected chi connectivity index (χ0v) is 21.4. The summed E-state index contributed by atoms with van der Waals surface area (Å²) in [7, 11) is 0. The van der Waals surface area contributed by atoms with Gasteiger partial charge in [0.1, 0.15) is 0 Å². The summed E-state index contributed by atoms with van der Waals surface area (Å²) in [5.74, 6) is 3.28. The van der Waals surface area contributed by atoms with Gasteiger partial charge in [-0.05, 0) is 105 Å². The Morgan fingerprint density at radius 1 is 1.03 bits per heavy atom. The van der Waals surface area contributed by atoms with E-state index in [4.69, 9.17) is 0 Å². The van der Waals surface area contributed by atoms with Gasteiger partial charge in [0.2, 0.25) is 5.91 Å². The van der Waals surface area contributed by atoms with Crippen molar-refractivity contribution in [3.63, 3.8) is 0 Å². The van der Waals surface area contributed by atoms with Crippen molar-refractivity contribution in [2.75, 3.05) is 26.2 Å². The summed E-state index contributed by atoms with van der Waals surface area (Å²) in [5.41, 5.74) is 1.83. The van der Waals surface area contributed by atoms with Gasteiger partial charge in [-0.2, -0.15) is 0 Å². The van der Waals surface area contributed by atoms with Crippen molar-refractivity contribution in [1.29, 1.82) is 0 Å². The number of nitrogens with zero attached hydrogens (tertiary/aromatic N) is 2. The highest BCUT2D eigenvalue weighted by atomic mass is 35.5. The Morgan fingerprint density at radius 2 is 1.66 bits per heavy atom. The lowest BCUT2D eigenvalue weighted by atomic mass is 9.49. The van der Waals surface area contributed by atoms with Crippen LogP contribution in [0.5, 0.6) is 0 Å². The molecule has 32 heavy (non-hydrogen) atoms. The van der Waals surface area contributed by atoms with Crippen LogP contribution in [0, 0.1) is 23.2 Å². The number of amides is 1. The van der Waals surface area contributed by atoms with Crippen molar-refractivity contribution in [2.24, 2.45) is 23.2 Å². The molecule has 0 radical (unpaired) electrons. The molecule has 0 saturated heterocycles. The maximum atomic E-state index is 13.0. The molecule has 1 N–H and O–H groups in total. The molecule has 4 saturated carbocycles. The Kier molecular flexibility index (Phi) is 11.3. The average molecular weight is 485 g/mol. The molecule has 1 aromatic rings. The quantitative estimate of drug-likeness (QED) is 0.388. The number of rotatable bonds is 12. The number of carbonyl (C=O) groups is 1. The minimum absolute atomic E-state index is 0. The summed E-state index contributed by atoms with van der Waals surface area (Å²) in [6.07, 6.45) is 18.3. The number of carbonyl (C=O) groups excluding carboxylic acids is 1. The Bertz CT molecular complexity index is 650. The standard InChI is InChI=1S/C26H41N3O.2ClH/c1-2-3-4-12-29(25(30)20-28-11-7-21-5-9-27-10-6-21)13-8-26-17-22-14-23(18-26)16-24(15-22)19-26;;/h5-6,9-10,22-24,28H,2-4,7-8,11-20H2,1H3;2*1H. The Morgan fingerprint density at radius 3 is 2.25 bits per heavy atom. The predicted octanol–water partition coefficient (Wildman–Crippen LogP) is 5.68. The van der Waals surface area contributed by atoms with Crippen LogP contribution in [-0.2, 0) is 11.2 Å². The van der Waals surface area contributed by atoms with Gasteiger partial charge in [-0.25, -0.2) is 0 Å². The van der Waals surface area contributed by atoms with E-state index in [1.165, 1.54) is 63.4 Å². The molecule has 4 fully saturated rings. The number of nitrogens with one attached hydrogen (secondary N) is 1. The summed E-state index contributed by atoms with van der Waals surface area (Å²) in [5, 5.41) is 3.39. The topological polar surface area (TPSA) is 45.2 Å². The summed E-state index contributed by atoms with van der Waals surface area (Å²) >= 11 is 0. The number of halogens is 2. The van der Waals surface area contributed by atoms with Crippen molar-refractivity contribution in [1.82, 2.24) is 15.2 Å². The predicted molar refractivity (Wildman–Crippen MR) is 137 cm³/mol. The highest BCUT2D eigenvalue weighted by Gasteiger charge is 2.50. The summed E-state index contributed by atoms with van der Waals surface area (Å²) < 4.78 is 0. The van der Waals surface area contributed by atoms with Gasteiger partial charge in [0.25, 0.3) is 0 Å². The third-order valence-electron chi connectivity index (χ3n) is 8.08. The molecule has 4 aliphatic carbocycles. The smallest absolute Gasteiger partial charge is 0.236 e. The first kappa shape index (κ1) is 27.4. The molecular formula is C26H43Cl2N3O. The summed E-state index contributed by atoms with van der Waals surface area (Å²) in [6.45, 7) is 5.46. The number of hydrogen-bond acceptors (Lipinski definition) is 3. The van der Waals surface area contributed by atoms with Crippen molar-refractivity contribution in [2.45, 2.75) is 77.6 Å². The number of aromatic nitrogens is 1. The van der Waals surface area contributed by atoms with Crippen LogP contribution in [-0.4, -0.2) is 42.0 Å². The lowest BCUT2D eigenvalue weighted by molar-refractivity contribution is -0.131. The molecule has 1 amide bonds. The summed E-state index contributed by atoms with van der Waals surface area (Å²) in [6, 6.07) is 4.10. The van der Waals surface area contributed by atoms with E-state index in [1.54, 1.807) is 0 Å². The molecule has 0 aliphatic heterocycles. The van der Waals surface area contributed by atoms with E-state index in [0.29, 0.717) is 17.9 Å². The molecule has 6 heteroatoms. The minimum atomic E-state index is 0. The first-order chi connectivity index (χ1) is 14.7. The van der Waals surface area contributed by atoms with Crippen molar-refractivity contribution in [3.05, 3.63) is 30.1 Å². The van der Waals surface area contributed by atoms with E-state index >= 15 is 0 Å². The van der Waals surface area contributed by atoms with Crippen molar-refractivity contribution in [3.8, 4) is 0 Å². The van der Waals surface area contributed by atoms with Gasteiger partial charge >= 0.3 is 0 Å². The SMILES string of the molecule is CCCCCN(CCC12CC3CC(CC(C3)C1)C2)C(=O)CNCCc1ccncc1.Cl.Cl. The van der Waals surface area contributed by atoms with Crippen LogP contribution in [0.15, 0.2) is 24.5 Å². The second kappa shape index (κ2) is 13.2. The van der Waals surface area contributed by atoms with E-state index in [0.717, 1.165) is 50.2 Å². The molecule has 4 aliphatic rings. The molecule has 0 aromatic carbocycles. The summed E-state index contributed by atoms with van der Waals surface area (Å²) in [4.78, 5) is 19.3. The Hall–Kier alpha value is -0.840. The molecule has 0 unspecified atom stereocenters. The highest BCUT2D eigenvalue weighted by Crippen LogP contribution is 2.61. The molecule has 1 aromatic heterocycles. The molecular weight excluding hydrogens is 441 g/mol. The van der Waals surface area contributed by atoms with E-state index in [9.17, 15) is 4.79 Å². The highest BCUT2D eigenvalue weighted by molar-refractivity contribution is 5.85. The molecule has 0 atom stereocenters. The van der Waals surface area contributed by atoms with Crippen LogP contribution >= 0.6 is 24.8 Å². The van der Waals surface area contributed by atoms with Crippen LogP contribution in [0.25, 0.3) is 0 Å². The van der Waals surface area contributed by atoms with E-state index in [2.05, 4.69) is 22.1 Å². The Labute approximate surface area is 207 Å². The number of hydrogen-bond donors (Lipinski definition) is 1. The van der Waals surface area contributed by atoms with Gasteiger partial charge in [-0.3, -0.25) is 9.78 Å². The van der Waals surface area contributed by atoms with Crippen LogP contribution < -0.4 is 5.32 Å². The van der Waals surface area contributed by atoms with E-state index in [1.807, 2.05) is 24.5 Å². The van der Waals surface area contributed by atoms with Gasteiger partial charge in [0.15, 0.2) is 0 Å². The molecule has 182 valence electrons. The molecule has 1 heterocycles. The van der Waals surface area contributed by atoms with Gasteiger partial charge in [0, 0.05) is 25.5 Å². The fraction of sp³-hybridized carbons (Fsp3) is 0.769. The second-order valence-corrected chi connectivity index (χ2v) is 10.5. The van der Waals surface area contributed by atoms with Crippen LogP contribution in [0.4, 0.5) is 0 Å². The fourth-order valence-electron chi connectivity index (χ4n) is 6.97. The maximum Gasteiger partial charge on any atom is 0.236 e. The van der Waals surface area contributed by atoms with Crippen LogP contribution in [0.1, 0.15) is 76.7 Å². The lowest BCUT2D eigenvalue weighted by Gasteiger charge is -2.57. The fourth-order valence-corrected chi connectivity index (χ4v) is 6.97. The number of pyridine rings is 1. The van der Waals surface area contributed by atoms with Crippen molar-refractivity contribution >= 4 is 30.7 Å². The third kappa shape index (κ3) is 7.33. The van der Waals surface area contributed by atoms with Gasteiger partial charge in [-0.1, -0.05) is 19.8 Å². The maximum absolute atomic E-state index is 13.0. The van der Waals surface area contributed by atoms with Gasteiger partial charge in [-0.15, -0.1) is 24.8 Å². The average Bonchev–Trinajstić information content (AvgIpc) is 2.73. The monoisotopic (exact) mass is 483 g/mol. The van der Waals surface area contributed by atoms with Crippen LogP contribution in [0.2, 0.25) is 0 Å². The number of unbranched alkanes of at least 4 members (excludes halogenated alkanes) is 2. The lowest BCUT2D eigenvalue weighted by Crippen LogP contribution is -2.48. The second-order valence-electron chi connectivity index (χ2n) is 10.5. The Balaban J connectivity index is 0.00000181. The normalized spacial score (nSPS) is 27.5. The molecule has 4 bridgehead atoms. The zero-order valence-electron chi connectivity index (χ0n) is 19.8. The van der Waals surface area contributed by atoms with E-state index in [-0.39, 0.29) is 24.8 Å². The van der Waals surface area contributed by atoms with E-state index < -0.39 is 0 Å². The van der Waals surface area contributed by atoms with Crippen molar-refractivity contribution < 1.29 is 4.79 Å². The third-order valence-corrected chi connectivity index (χ3v) is 8.08. The van der Waals surface area contributed by atoms with Gasteiger partial charge in [0.05, 0.1) is 6.54 Å².